The van der Waals surface area contributed by atoms with Crippen LogP contribution in [0.5, 0.6) is 0 Å². The van der Waals surface area contributed by atoms with E-state index in [4.69, 9.17) is 4.42 Å². The van der Waals surface area contributed by atoms with Gasteiger partial charge < -0.3 is 8.98 Å². The smallest absolute Gasteiger partial charge is 0.255 e. The van der Waals surface area contributed by atoms with E-state index in [0.717, 1.165) is 44.0 Å². The molecule has 152 valence electrons. The average Bonchev–Trinajstić information content (AvgIpc) is 3.39. The molecule has 1 fully saturated rings. The first-order chi connectivity index (χ1) is 14.2. The molecule has 6 nitrogen and oxygen atoms in total. The lowest BCUT2D eigenvalue weighted by atomic mass is 9.83. The van der Waals surface area contributed by atoms with E-state index in [1.807, 2.05) is 31.0 Å². The van der Waals surface area contributed by atoms with E-state index in [2.05, 4.69) is 30.8 Å². The molecular formula is C22H26N4O2S. The van der Waals surface area contributed by atoms with Gasteiger partial charge in [-0.25, -0.2) is 4.98 Å². The molecule has 1 saturated heterocycles. The molecule has 0 spiro atoms. The molecule has 0 unspecified atom stereocenters. The first kappa shape index (κ1) is 18.8. The van der Waals surface area contributed by atoms with E-state index in [0.29, 0.717) is 18.4 Å². The Morgan fingerprint density at radius 3 is 2.97 bits per heavy atom. The minimum Gasteiger partial charge on any atom is -0.472 e. The summed E-state index contributed by atoms with van der Waals surface area (Å²) in [5.74, 6) is 0.970. The number of furan rings is 1. The summed E-state index contributed by atoms with van der Waals surface area (Å²) in [6.45, 7) is 5.21. The van der Waals surface area contributed by atoms with Crippen molar-refractivity contribution >= 4 is 11.3 Å². The van der Waals surface area contributed by atoms with Gasteiger partial charge in [0.25, 0.3) is 5.56 Å². The number of piperidine rings is 1. The van der Waals surface area contributed by atoms with E-state index < -0.39 is 0 Å². The van der Waals surface area contributed by atoms with Crippen molar-refractivity contribution in [3.63, 3.8) is 0 Å². The molecule has 2 aliphatic rings. The van der Waals surface area contributed by atoms with E-state index >= 15 is 0 Å². The summed E-state index contributed by atoms with van der Waals surface area (Å²) < 4.78 is 7.28. The van der Waals surface area contributed by atoms with Gasteiger partial charge in [0.2, 0.25) is 0 Å². The van der Waals surface area contributed by atoms with Crippen LogP contribution in [0.2, 0.25) is 0 Å². The summed E-state index contributed by atoms with van der Waals surface area (Å²) in [5, 5.41) is 2.06. The Hall–Kier alpha value is -2.22. The SMILES string of the molecule is CN(Cc1cscn1)Cc1ccc2n(c1=O)C[C@H]1C[C@@H]2CN(Cc2ccoc2)C1. The Bertz CT molecular complexity index is 1010. The molecular weight excluding hydrogens is 384 g/mol. The standard InChI is InChI=1S/C22H26N4O2S/c1-24(12-20-14-29-15-23-20)10-18-2-3-21-19-6-17(9-26(21)22(18)27)8-25(11-19)7-16-4-5-28-13-16/h2-5,13-15,17,19H,6-12H2,1H3/t17-,19+/m0/s1. The van der Waals surface area contributed by atoms with Crippen LogP contribution in [0, 0.1) is 5.92 Å². The van der Waals surface area contributed by atoms with Crippen molar-refractivity contribution in [3.8, 4) is 0 Å². The van der Waals surface area contributed by atoms with E-state index in [1.54, 1.807) is 17.6 Å². The molecule has 0 radical (unpaired) electrons. The minimum absolute atomic E-state index is 0.186. The van der Waals surface area contributed by atoms with Gasteiger partial charge in [0.15, 0.2) is 0 Å². The van der Waals surface area contributed by atoms with Crippen LogP contribution < -0.4 is 5.56 Å². The Labute approximate surface area is 174 Å². The summed E-state index contributed by atoms with van der Waals surface area (Å²) in [6, 6.07) is 6.27. The number of thiazole rings is 1. The Kier molecular flexibility index (Phi) is 5.11. The van der Waals surface area contributed by atoms with E-state index in [1.165, 1.54) is 17.7 Å². The second kappa shape index (κ2) is 7.89. The quantitative estimate of drug-likeness (QED) is 0.625. The molecule has 2 aliphatic heterocycles. The Balaban J connectivity index is 1.32. The lowest BCUT2D eigenvalue weighted by Gasteiger charge is -2.43. The van der Waals surface area contributed by atoms with Crippen LogP contribution in [-0.4, -0.2) is 39.5 Å². The number of hydrogen-bond acceptors (Lipinski definition) is 6. The molecule has 3 aromatic rings. The summed E-state index contributed by atoms with van der Waals surface area (Å²) in [4.78, 5) is 22.2. The van der Waals surface area contributed by atoms with Gasteiger partial charge in [0, 0.05) is 67.4 Å². The number of rotatable bonds is 6. The van der Waals surface area contributed by atoms with Gasteiger partial charge in [0.05, 0.1) is 23.7 Å². The average molecular weight is 411 g/mol. The molecule has 0 aliphatic carbocycles. The van der Waals surface area contributed by atoms with Crippen LogP contribution in [-0.2, 0) is 26.2 Å². The third-order valence-corrected chi connectivity index (χ3v) is 6.74. The number of fused-ring (bicyclic) bond motifs is 4. The molecule has 2 atom stereocenters. The molecule has 0 amide bonds. The number of hydrogen-bond donors (Lipinski definition) is 0. The van der Waals surface area contributed by atoms with Gasteiger partial charge in [0.1, 0.15) is 0 Å². The fraction of sp³-hybridized carbons (Fsp3) is 0.455. The fourth-order valence-corrected chi connectivity index (χ4v) is 5.47. The van der Waals surface area contributed by atoms with Crippen molar-refractivity contribution < 1.29 is 4.42 Å². The van der Waals surface area contributed by atoms with Crippen molar-refractivity contribution in [2.45, 2.75) is 38.5 Å². The van der Waals surface area contributed by atoms with Crippen molar-refractivity contribution in [1.29, 1.82) is 0 Å². The molecule has 7 heteroatoms. The number of likely N-dealkylation sites (tertiary alicyclic amines) is 1. The zero-order valence-electron chi connectivity index (χ0n) is 16.7. The summed E-state index contributed by atoms with van der Waals surface area (Å²) in [5.41, 5.74) is 6.40. The lowest BCUT2D eigenvalue weighted by molar-refractivity contribution is 0.114. The predicted octanol–water partition coefficient (Wildman–Crippen LogP) is 3.15. The van der Waals surface area contributed by atoms with Crippen molar-refractivity contribution in [1.82, 2.24) is 19.4 Å². The van der Waals surface area contributed by atoms with Crippen molar-refractivity contribution in [2.75, 3.05) is 20.1 Å². The predicted molar refractivity (Wildman–Crippen MR) is 113 cm³/mol. The highest BCUT2D eigenvalue weighted by molar-refractivity contribution is 7.07. The zero-order valence-corrected chi connectivity index (χ0v) is 17.5. The molecule has 2 bridgehead atoms. The third-order valence-electron chi connectivity index (χ3n) is 6.10. The maximum absolute atomic E-state index is 13.2. The second-order valence-corrected chi connectivity index (χ2v) is 9.19. The summed E-state index contributed by atoms with van der Waals surface area (Å²) in [6.07, 6.45) is 4.75. The van der Waals surface area contributed by atoms with Crippen LogP contribution in [0.1, 0.15) is 34.9 Å². The highest BCUT2D eigenvalue weighted by atomic mass is 32.1. The Morgan fingerprint density at radius 2 is 2.17 bits per heavy atom. The van der Waals surface area contributed by atoms with Crippen LogP contribution >= 0.6 is 11.3 Å². The van der Waals surface area contributed by atoms with Gasteiger partial charge in [-0.15, -0.1) is 11.3 Å². The molecule has 3 aromatic heterocycles. The van der Waals surface area contributed by atoms with Gasteiger partial charge in [-0.1, -0.05) is 6.07 Å². The summed E-state index contributed by atoms with van der Waals surface area (Å²) >= 11 is 1.61. The third kappa shape index (κ3) is 3.95. The molecule has 0 N–H and O–H groups in total. The fourth-order valence-electron chi connectivity index (χ4n) is 4.92. The van der Waals surface area contributed by atoms with E-state index in [-0.39, 0.29) is 5.56 Å². The molecule has 29 heavy (non-hydrogen) atoms. The number of aromatic nitrogens is 2. The second-order valence-electron chi connectivity index (χ2n) is 8.48. The maximum atomic E-state index is 13.2. The summed E-state index contributed by atoms with van der Waals surface area (Å²) in [7, 11) is 2.05. The highest BCUT2D eigenvalue weighted by Crippen LogP contribution is 2.35. The van der Waals surface area contributed by atoms with Gasteiger partial charge in [-0.2, -0.15) is 0 Å². The van der Waals surface area contributed by atoms with Gasteiger partial charge in [-0.3, -0.25) is 14.6 Å². The molecule has 5 rings (SSSR count). The zero-order chi connectivity index (χ0) is 19.8. The maximum Gasteiger partial charge on any atom is 0.255 e. The minimum atomic E-state index is 0.186. The first-order valence-corrected chi connectivity index (χ1v) is 11.1. The van der Waals surface area contributed by atoms with Gasteiger partial charge >= 0.3 is 0 Å². The monoisotopic (exact) mass is 410 g/mol. The number of pyridine rings is 1. The largest absolute Gasteiger partial charge is 0.472 e. The highest BCUT2D eigenvalue weighted by Gasteiger charge is 2.35. The first-order valence-electron chi connectivity index (χ1n) is 10.2. The van der Waals surface area contributed by atoms with Crippen LogP contribution in [0.15, 0.2) is 50.8 Å². The molecule has 5 heterocycles. The topological polar surface area (TPSA) is 54.5 Å². The number of nitrogens with zero attached hydrogens (tertiary/aromatic N) is 4. The lowest BCUT2D eigenvalue weighted by Crippen LogP contribution is -2.47. The molecule has 0 aromatic carbocycles. The van der Waals surface area contributed by atoms with Crippen LogP contribution in [0.3, 0.4) is 0 Å². The molecule has 0 saturated carbocycles. The Morgan fingerprint density at radius 1 is 1.24 bits per heavy atom. The van der Waals surface area contributed by atoms with Crippen molar-refractivity contribution in [3.05, 3.63) is 74.5 Å². The van der Waals surface area contributed by atoms with Crippen LogP contribution in [0.4, 0.5) is 0 Å². The van der Waals surface area contributed by atoms with Crippen LogP contribution in [0.25, 0.3) is 0 Å². The van der Waals surface area contributed by atoms with Gasteiger partial charge in [-0.05, 0) is 31.5 Å². The van der Waals surface area contributed by atoms with Crippen molar-refractivity contribution in [2.24, 2.45) is 5.92 Å². The normalized spacial score (nSPS) is 21.4. The van der Waals surface area contributed by atoms with E-state index in [9.17, 15) is 4.79 Å².